The summed E-state index contributed by atoms with van der Waals surface area (Å²) in [6.45, 7) is 12.0. The van der Waals surface area contributed by atoms with Crippen LogP contribution in [0.3, 0.4) is 0 Å². The molecule has 1 saturated heterocycles. The Kier molecular flexibility index (Phi) is 3.70. The van der Waals surface area contributed by atoms with Crippen molar-refractivity contribution in [2.24, 2.45) is 0 Å². The van der Waals surface area contributed by atoms with Gasteiger partial charge >= 0.3 is 0 Å². The van der Waals surface area contributed by atoms with Crippen molar-refractivity contribution < 1.29 is 0 Å². The topological polar surface area (TPSA) is 15.3 Å². The fourth-order valence-electron chi connectivity index (χ4n) is 3.36. The van der Waals surface area contributed by atoms with E-state index in [1.165, 1.54) is 50.8 Å². The fourth-order valence-corrected chi connectivity index (χ4v) is 3.36. The largest absolute Gasteiger partial charge is 0.308 e. The van der Waals surface area contributed by atoms with E-state index in [-0.39, 0.29) is 0 Å². The molecule has 2 nitrogen and oxygen atoms in total. The lowest BCUT2D eigenvalue weighted by atomic mass is 9.91. The number of piperazine rings is 1. The molecule has 1 atom stereocenters. The van der Waals surface area contributed by atoms with E-state index in [9.17, 15) is 0 Å². The normalized spacial score (nSPS) is 29.8. The lowest BCUT2D eigenvalue weighted by molar-refractivity contribution is 0.0870. The Morgan fingerprint density at radius 2 is 2.12 bits per heavy atom. The maximum atomic E-state index is 4.07. The van der Waals surface area contributed by atoms with Crippen LogP contribution in [0.5, 0.6) is 0 Å². The third-order valence-corrected chi connectivity index (χ3v) is 4.24. The van der Waals surface area contributed by atoms with Gasteiger partial charge in [-0.05, 0) is 26.2 Å². The number of nitrogens with zero attached hydrogens (tertiary/aromatic N) is 1. The molecule has 2 aliphatic rings. The summed E-state index contributed by atoms with van der Waals surface area (Å²) in [6.07, 6.45) is 6.80. The maximum Gasteiger partial charge on any atom is 0.0309 e. The highest BCUT2D eigenvalue weighted by molar-refractivity contribution is 5.04. The molecule has 2 fully saturated rings. The van der Waals surface area contributed by atoms with Crippen molar-refractivity contribution in [1.29, 1.82) is 0 Å². The van der Waals surface area contributed by atoms with E-state index >= 15 is 0 Å². The second-order valence-electron chi connectivity index (χ2n) is 5.79. The van der Waals surface area contributed by atoms with Crippen LogP contribution in [0.1, 0.15) is 46.0 Å². The highest BCUT2D eigenvalue weighted by atomic mass is 15.3. The van der Waals surface area contributed by atoms with Gasteiger partial charge < -0.3 is 5.32 Å². The lowest BCUT2D eigenvalue weighted by Gasteiger charge is -2.46. The number of hydrogen-bond acceptors (Lipinski definition) is 2. The van der Waals surface area contributed by atoms with Crippen molar-refractivity contribution in [2.75, 3.05) is 19.6 Å². The molecule has 1 aliphatic carbocycles. The van der Waals surface area contributed by atoms with Crippen LogP contribution in [0.25, 0.3) is 0 Å². The van der Waals surface area contributed by atoms with Crippen molar-refractivity contribution in [3.8, 4) is 0 Å². The first-order valence-electron chi connectivity index (χ1n) is 6.79. The minimum Gasteiger partial charge on any atom is -0.308 e. The van der Waals surface area contributed by atoms with Crippen molar-refractivity contribution in [3.63, 3.8) is 0 Å². The quantitative estimate of drug-likeness (QED) is 0.738. The van der Waals surface area contributed by atoms with Crippen LogP contribution in [0, 0.1) is 0 Å². The average Bonchev–Trinajstić information content (AvgIpc) is 2.66. The summed E-state index contributed by atoms with van der Waals surface area (Å²) in [5.74, 6) is 0. The van der Waals surface area contributed by atoms with Gasteiger partial charge in [-0.2, -0.15) is 0 Å². The fraction of sp³-hybridized carbons (Fsp3) is 0.857. The van der Waals surface area contributed by atoms with E-state index in [0.717, 1.165) is 6.54 Å². The maximum absolute atomic E-state index is 4.07. The van der Waals surface area contributed by atoms with Crippen molar-refractivity contribution in [2.45, 2.75) is 57.5 Å². The van der Waals surface area contributed by atoms with Crippen LogP contribution in [-0.4, -0.2) is 36.1 Å². The Labute approximate surface area is 100 Å². The molecule has 0 aromatic carbocycles. The van der Waals surface area contributed by atoms with E-state index in [1.807, 2.05) is 0 Å². The van der Waals surface area contributed by atoms with Crippen molar-refractivity contribution >= 4 is 0 Å². The smallest absolute Gasteiger partial charge is 0.0309 e. The molecule has 0 aromatic rings. The molecular formula is C14H26N2. The van der Waals surface area contributed by atoms with Gasteiger partial charge in [-0.15, -0.1) is 0 Å². The van der Waals surface area contributed by atoms with Crippen LogP contribution in [0.15, 0.2) is 12.2 Å². The Balaban J connectivity index is 2.02. The third-order valence-electron chi connectivity index (χ3n) is 4.24. The van der Waals surface area contributed by atoms with Gasteiger partial charge in [0.2, 0.25) is 0 Å². The van der Waals surface area contributed by atoms with Gasteiger partial charge in [0.15, 0.2) is 0 Å². The summed E-state index contributed by atoms with van der Waals surface area (Å²) in [6, 6.07) is 0.711. The molecule has 1 unspecified atom stereocenters. The molecule has 0 radical (unpaired) electrons. The predicted octanol–water partition coefficient (Wildman–Crippen LogP) is 2.56. The predicted molar refractivity (Wildman–Crippen MR) is 69.7 cm³/mol. The second-order valence-corrected chi connectivity index (χ2v) is 5.79. The summed E-state index contributed by atoms with van der Waals surface area (Å²) in [5.41, 5.74) is 1.75. The van der Waals surface area contributed by atoms with E-state index < -0.39 is 0 Å². The van der Waals surface area contributed by atoms with Crippen LogP contribution in [-0.2, 0) is 0 Å². The zero-order valence-electron chi connectivity index (χ0n) is 10.9. The average molecular weight is 222 g/mol. The van der Waals surface area contributed by atoms with Gasteiger partial charge in [-0.25, -0.2) is 0 Å². The summed E-state index contributed by atoms with van der Waals surface area (Å²) in [4.78, 5) is 2.66. The molecule has 0 amide bonds. The monoisotopic (exact) mass is 222 g/mol. The zero-order chi connectivity index (χ0) is 11.6. The number of hydrogen-bond donors (Lipinski definition) is 1. The molecule has 1 spiro atoms. The van der Waals surface area contributed by atoms with Crippen LogP contribution >= 0.6 is 0 Å². The minimum absolute atomic E-state index is 0.446. The van der Waals surface area contributed by atoms with Gasteiger partial charge in [0, 0.05) is 31.2 Å². The molecule has 1 heterocycles. The number of rotatable bonds is 3. The van der Waals surface area contributed by atoms with Gasteiger partial charge in [0.05, 0.1) is 0 Å². The highest BCUT2D eigenvalue weighted by Gasteiger charge is 2.40. The van der Waals surface area contributed by atoms with E-state index in [1.54, 1.807) is 0 Å². The molecule has 1 saturated carbocycles. The van der Waals surface area contributed by atoms with Gasteiger partial charge in [-0.1, -0.05) is 31.9 Å². The molecule has 1 aliphatic heterocycles. The summed E-state index contributed by atoms with van der Waals surface area (Å²) in [5, 5.41) is 3.83. The standard InChI is InChI=1S/C14H26N2/c1-4-13-9-15-14(7-5-6-8-14)11-16(13)10-12(2)3/h13,15H,2,4-11H2,1,3H3. The first-order valence-corrected chi connectivity index (χ1v) is 6.79. The second kappa shape index (κ2) is 4.89. The van der Waals surface area contributed by atoms with E-state index in [2.05, 4.69) is 30.6 Å². The molecule has 2 heteroatoms. The Morgan fingerprint density at radius 3 is 2.69 bits per heavy atom. The SMILES string of the molecule is C=C(C)CN1CC2(CCCC2)NCC1CC. The lowest BCUT2D eigenvalue weighted by Crippen LogP contribution is -2.63. The van der Waals surface area contributed by atoms with Gasteiger partial charge in [-0.3, -0.25) is 4.90 Å². The van der Waals surface area contributed by atoms with E-state index in [0.29, 0.717) is 11.6 Å². The highest BCUT2D eigenvalue weighted by Crippen LogP contribution is 2.33. The van der Waals surface area contributed by atoms with Crippen molar-refractivity contribution in [1.82, 2.24) is 10.2 Å². The summed E-state index contributed by atoms with van der Waals surface area (Å²) >= 11 is 0. The summed E-state index contributed by atoms with van der Waals surface area (Å²) in [7, 11) is 0. The molecule has 1 N–H and O–H groups in total. The van der Waals surface area contributed by atoms with Crippen LogP contribution in [0.2, 0.25) is 0 Å². The molecule has 92 valence electrons. The zero-order valence-corrected chi connectivity index (χ0v) is 10.9. The minimum atomic E-state index is 0.446. The first-order chi connectivity index (χ1) is 7.65. The Morgan fingerprint density at radius 1 is 1.44 bits per heavy atom. The molecule has 2 rings (SSSR count). The van der Waals surface area contributed by atoms with Gasteiger partial charge in [0.25, 0.3) is 0 Å². The molecular weight excluding hydrogens is 196 g/mol. The number of nitrogens with one attached hydrogen (secondary N) is 1. The van der Waals surface area contributed by atoms with Gasteiger partial charge in [0.1, 0.15) is 0 Å². The Bertz CT molecular complexity index is 253. The molecule has 0 aromatic heterocycles. The van der Waals surface area contributed by atoms with Crippen molar-refractivity contribution in [3.05, 3.63) is 12.2 Å². The molecule has 16 heavy (non-hydrogen) atoms. The molecule has 0 bridgehead atoms. The van der Waals surface area contributed by atoms with E-state index in [4.69, 9.17) is 0 Å². The van der Waals surface area contributed by atoms with Crippen LogP contribution in [0.4, 0.5) is 0 Å². The Hall–Kier alpha value is -0.340. The summed E-state index contributed by atoms with van der Waals surface area (Å²) < 4.78 is 0. The van der Waals surface area contributed by atoms with Crippen LogP contribution < -0.4 is 5.32 Å². The first kappa shape index (κ1) is 12.1. The third kappa shape index (κ3) is 2.49.